The predicted octanol–water partition coefficient (Wildman–Crippen LogP) is 3.53. The molecule has 0 radical (unpaired) electrons. The first-order chi connectivity index (χ1) is 21.6. The van der Waals surface area contributed by atoms with Crippen molar-refractivity contribution in [2.24, 2.45) is 11.8 Å². The number of rotatable bonds is 7. The molecule has 6 rings (SSSR count). The third-order valence-electron chi connectivity index (χ3n) is 6.31. The molecule has 6 heterocycles. The van der Waals surface area contributed by atoms with Gasteiger partial charge in [0.15, 0.2) is 11.6 Å². The monoisotopic (exact) mass is 672 g/mol. The molecular weight excluding hydrogens is 643 g/mol. The highest BCUT2D eigenvalue weighted by molar-refractivity contribution is 6.67. The first-order valence-electron chi connectivity index (χ1n) is 13.8. The Kier molecular flexibility index (Phi) is 12.1. The number of hydrogen-bond donors (Lipinski definition) is 2. The van der Waals surface area contributed by atoms with Gasteiger partial charge in [0.2, 0.25) is 23.0 Å². The minimum absolute atomic E-state index is 0.0957. The molecule has 0 spiro atoms. The number of amides is 1. The van der Waals surface area contributed by atoms with Crippen molar-refractivity contribution in [3.8, 4) is 22.8 Å². The molecule has 0 aromatic carbocycles. The van der Waals surface area contributed by atoms with Crippen molar-refractivity contribution in [1.29, 1.82) is 0 Å². The van der Waals surface area contributed by atoms with Gasteiger partial charge < -0.3 is 20.9 Å². The molecule has 0 unspecified atom stereocenters. The number of hydrogen-bond acceptors (Lipinski definition) is 13. The fraction of sp³-hybridized carbons (Fsp3) is 0.357. The van der Waals surface area contributed by atoms with Gasteiger partial charge in [-0.15, -0.1) is 23.2 Å². The maximum Gasteiger partial charge on any atom is 0.240 e. The number of nitrogens with one attached hydrogen (secondary N) is 1. The standard InChI is InChI=1S/C14H15ClN6O.C12H14N6.C2H2Cl2O/c1-9-7-21(8-9)14-17-5-10(6-18-14)13-16-3-2-11(20-13)19-12(22)4-15;1-8-6-18(7-8)12-15-4-9(5-16-12)11-14-3-2-10(13)17-11;3-1-2(4)5/h2-3,5-6,9H,4,7-8H2,1H3,(H,16,19,20,22);2-5,8H,6-7H2,1H3,(H2,13,14,17);1H2. The van der Waals surface area contributed by atoms with Crippen LogP contribution >= 0.6 is 34.8 Å². The highest BCUT2D eigenvalue weighted by Crippen LogP contribution is 2.23. The molecule has 2 saturated heterocycles. The number of nitrogen functional groups attached to an aromatic ring is 1. The third kappa shape index (κ3) is 9.86. The fourth-order valence-electron chi connectivity index (χ4n) is 4.18. The zero-order valence-electron chi connectivity index (χ0n) is 24.5. The Bertz CT molecular complexity index is 1570. The van der Waals surface area contributed by atoms with Crippen LogP contribution in [0.5, 0.6) is 0 Å². The Balaban J connectivity index is 0.000000181. The van der Waals surface area contributed by atoms with Crippen molar-refractivity contribution in [2.45, 2.75) is 13.8 Å². The smallest absolute Gasteiger partial charge is 0.240 e. The van der Waals surface area contributed by atoms with Crippen molar-refractivity contribution in [1.82, 2.24) is 39.9 Å². The number of nitrogens with zero attached hydrogens (tertiary/aromatic N) is 10. The number of carbonyl (C=O) groups excluding carboxylic acids is 2. The van der Waals surface area contributed by atoms with E-state index in [1.54, 1.807) is 49.3 Å². The van der Waals surface area contributed by atoms with Crippen LogP contribution in [0.3, 0.4) is 0 Å². The lowest BCUT2D eigenvalue weighted by Gasteiger charge is -2.36. The number of carbonyl (C=O) groups is 2. The number of alkyl halides is 2. The summed E-state index contributed by atoms with van der Waals surface area (Å²) in [4.78, 5) is 59.1. The SMILES string of the molecule is CC1CN(c2ncc(-c3nccc(N)n3)cn2)C1.CC1CN(c2ncc(-c3nccc(NC(=O)CCl)n3)cn2)C1.O=C(Cl)CCl. The van der Waals surface area contributed by atoms with E-state index in [1.165, 1.54) is 0 Å². The minimum Gasteiger partial charge on any atom is -0.384 e. The molecule has 0 saturated carbocycles. The normalized spacial score (nSPS) is 14.2. The number of halogens is 3. The van der Waals surface area contributed by atoms with Gasteiger partial charge in [0.05, 0.1) is 17.0 Å². The summed E-state index contributed by atoms with van der Waals surface area (Å²) in [5, 5.41) is 2.08. The molecule has 236 valence electrons. The van der Waals surface area contributed by atoms with Crippen molar-refractivity contribution >= 4 is 69.5 Å². The first-order valence-corrected chi connectivity index (χ1v) is 15.3. The van der Waals surface area contributed by atoms with Gasteiger partial charge in [-0.25, -0.2) is 39.9 Å². The van der Waals surface area contributed by atoms with E-state index in [2.05, 4.69) is 68.8 Å². The lowest BCUT2D eigenvalue weighted by molar-refractivity contribution is -0.114. The van der Waals surface area contributed by atoms with Gasteiger partial charge >= 0.3 is 0 Å². The van der Waals surface area contributed by atoms with Gasteiger partial charge in [0.1, 0.15) is 17.5 Å². The molecule has 0 aliphatic carbocycles. The molecule has 1 amide bonds. The second-order valence-electron chi connectivity index (χ2n) is 10.3. The molecule has 2 fully saturated rings. The maximum atomic E-state index is 11.3. The van der Waals surface area contributed by atoms with Crippen LogP contribution < -0.4 is 20.9 Å². The average molecular weight is 674 g/mol. The van der Waals surface area contributed by atoms with Gasteiger partial charge in [-0.05, 0) is 35.6 Å². The molecule has 4 aromatic rings. The van der Waals surface area contributed by atoms with Gasteiger partial charge in [-0.2, -0.15) is 0 Å². The second kappa shape index (κ2) is 16.2. The zero-order chi connectivity index (χ0) is 32.3. The summed E-state index contributed by atoms with van der Waals surface area (Å²) in [6, 6.07) is 3.25. The molecule has 2 aliphatic heterocycles. The van der Waals surface area contributed by atoms with Crippen LogP contribution in [-0.4, -0.2) is 89.0 Å². The molecule has 3 N–H and O–H groups in total. The predicted molar refractivity (Wildman–Crippen MR) is 174 cm³/mol. The van der Waals surface area contributed by atoms with Crippen molar-refractivity contribution in [2.75, 3.05) is 58.8 Å². The van der Waals surface area contributed by atoms with Crippen molar-refractivity contribution in [3.63, 3.8) is 0 Å². The number of nitrogens with two attached hydrogens (primary N) is 1. The summed E-state index contributed by atoms with van der Waals surface area (Å²) in [7, 11) is 0. The molecule has 45 heavy (non-hydrogen) atoms. The van der Waals surface area contributed by atoms with Crippen LogP contribution in [0.2, 0.25) is 0 Å². The fourth-order valence-corrected chi connectivity index (χ4v) is 4.25. The Morgan fingerprint density at radius 1 is 0.778 bits per heavy atom. The van der Waals surface area contributed by atoms with E-state index in [0.29, 0.717) is 40.7 Å². The molecule has 14 nitrogen and oxygen atoms in total. The highest BCUT2D eigenvalue weighted by Gasteiger charge is 2.25. The van der Waals surface area contributed by atoms with Crippen LogP contribution in [0, 0.1) is 11.8 Å². The summed E-state index contributed by atoms with van der Waals surface area (Å²) in [6.45, 7) is 8.42. The summed E-state index contributed by atoms with van der Waals surface area (Å²) in [6.07, 6.45) is 10.0. The molecule has 17 heteroatoms. The summed E-state index contributed by atoms with van der Waals surface area (Å²) < 4.78 is 0. The van der Waals surface area contributed by atoms with E-state index in [1.807, 2.05) is 0 Å². The minimum atomic E-state index is -0.508. The Labute approximate surface area is 274 Å². The van der Waals surface area contributed by atoms with Crippen LogP contribution in [0.15, 0.2) is 49.3 Å². The van der Waals surface area contributed by atoms with Gasteiger partial charge in [0.25, 0.3) is 0 Å². The Morgan fingerprint density at radius 2 is 1.22 bits per heavy atom. The molecule has 0 atom stereocenters. The van der Waals surface area contributed by atoms with Crippen molar-refractivity contribution in [3.05, 3.63) is 49.3 Å². The molecule has 0 bridgehead atoms. The molecule has 4 aromatic heterocycles. The van der Waals surface area contributed by atoms with Crippen molar-refractivity contribution < 1.29 is 9.59 Å². The summed E-state index contributed by atoms with van der Waals surface area (Å²) in [5.74, 6) is 4.22. The topological polar surface area (TPSA) is 182 Å². The van der Waals surface area contributed by atoms with Gasteiger partial charge in [-0.3, -0.25) is 9.59 Å². The number of aromatic nitrogens is 8. The average Bonchev–Trinajstić information content (AvgIpc) is 3.02. The zero-order valence-corrected chi connectivity index (χ0v) is 26.8. The van der Waals surface area contributed by atoms with Gasteiger partial charge in [0, 0.05) is 63.4 Å². The van der Waals surface area contributed by atoms with E-state index >= 15 is 0 Å². The maximum absolute atomic E-state index is 11.3. The van der Waals surface area contributed by atoms with E-state index in [-0.39, 0.29) is 17.7 Å². The highest BCUT2D eigenvalue weighted by atomic mass is 35.5. The number of anilines is 4. The van der Waals surface area contributed by atoms with Crippen LogP contribution in [0.25, 0.3) is 22.8 Å². The lowest BCUT2D eigenvalue weighted by Crippen LogP contribution is -2.46. The van der Waals surface area contributed by atoms with E-state index in [0.717, 1.165) is 43.6 Å². The Morgan fingerprint density at radius 3 is 1.62 bits per heavy atom. The quantitative estimate of drug-likeness (QED) is 0.215. The van der Waals surface area contributed by atoms with E-state index in [4.69, 9.17) is 40.5 Å². The summed E-state index contributed by atoms with van der Waals surface area (Å²) >= 11 is 15.0. The van der Waals surface area contributed by atoms with Crippen LogP contribution in [0.4, 0.5) is 23.5 Å². The summed E-state index contributed by atoms with van der Waals surface area (Å²) in [5.41, 5.74) is 7.09. The lowest BCUT2D eigenvalue weighted by atomic mass is 10.0. The van der Waals surface area contributed by atoms with Gasteiger partial charge in [-0.1, -0.05) is 13.8 Å². The largest absolute Gasteiger partial charge is 0.384 e. The second-order valence-corrected chi connectivity index (χ2v) is 11.3. The molecule has 2 aliphatic rings. The van der Waals surface area contributed by atoms with Crippen LogP contribution in [0.1, 0.15) is 13.8 Å². The van der Waals surface area contributed by atoms with Crippen LogP contribution in [-0.2, 0) is 9.59 Å². The Hall–Kier alpha value is -4.27. The molecular formula is C28H31Cl3N12O2. The van der Waals surface area contributed by atoms with E-state index < -0.39 is 5.24 Å². The third-order valence-corrected chi connectivity index (χ3v) is 7.07. The first kappa shape index (κ1) is 33.6. The van der Waals surface area contributed by atoms with E-state index in [9.17, 15) is 9.59 Å².